The average molecular weight is 414 g/mol. The second kappa shape index (κ2) is 13.3. The van der Waals surface area contributed by atoms with E-state index >= 15 is 0 Å². The van der Waals surface area contributed by atoms with Crippen LogP contribution in [0.2, 0.25) is 0 Å². The molecule has 0 spiro atoms. The molecule has 0 fully saturated rings. The van der Waals surface area contributed by atoms with Crippen LogP contribution in [0.1, 0.15) is 37.8 Å². The van der Waals surface area contributed by atoms with E-state index in [1.165, 1.54) is 12.8 Å². The molecular weight excluding hydrogens is 382 g/mol. The van der Waals surface area contributed by atoms with Crippen LogP contribution in [0, 0.1) is 5.92 Å². The lowest BCUT2D eigenvalue weighted by Crippen LogP contribution is -2.40. The van der Waals surface area contributed by atoms with E-state index in [1.807, 2.05) is 60.7 Å². The predicted molar refractivity (Wildman–Crippen MR) is 117 cm³/mol. The Hall–Kier alpha value is -2.96. The van der Waals surface area contributed by atoms with Crippen molar-refractivity contribution < 1.29 is 24.9 Å². The second-order valence-electron chi connectivity index (χ2n) is 6.97. The van der Waals surface area contributed by atoms with Crippen LogP contribution in [0.5, 0.6) is 0 Å². The molecule has 6 nitrogen and oxygen atoms in total. The molecule has 2 aromatic carbocycles. The first kappa shape index (κ1) is 25.1. The Balaban J connectivity index is 0.000000479. The van der Waals surface area contributed by atoms with Gasteiger partial charge in [-0.3, -0.25) is 0 Å². The van der Waals surface area contributed by atoms with Crippen molar-refractivity contribution in [2.24, 2.45) is 5.92 Å². The third-order valence-electron chi connectivity index (χ3n) is 4.67. The lowest BCUT2D eigenvalue weighted by molar-refractivity contribution is -0.134. The molecule has 162 valence electrons. The maximum atomic E-state index is 11.5. The maximum Gasteiger partial charge on any atom is 0.328 e. The van der Waals surface area contributed by atoms with Crippen molar-refractivity contribution in [1.29, 1.82) is 0 Å². The molecule has 0 bridgehead atoms. The number of carboxylic acids is 2. The van der Waals surface area contributed by atoms with Crippen LogP contribution in [-0.4, -0.2) is 40.3 Å². The van der Waals surface area contributed by atoms with Crippen LogP contribution in [0.3, 0.4) is 0 Å². The summed E-state index contributed by atoms with van der Waals surface area (Å²) >= 11 is 0. The van der Waals surface area contributed by atoms with Crippen molar-refractivity contribution in [3.8, 4) is 0 Å². The number of hydrogen-bond donors (Lipinski definition) is 4. The zero-order chi connectivity index (χ0) is 22.4. The van der Waals surface area contributed by atoms with Gasteiger partial charge < -0.3 is 20.6 Å². The molecule has 0 saturated heterocycles. The van der Waals surface area contributed by atoms with Gasteiger partial charge in [0.1, 0.15) is 5.60 Å². The maximum absolute atomic E-state index is 11.5. The van der Waals surface area contributed by atoms with E-state index in [9.17, 15) is 14.7 Å². The molecule has 2 rings (SSSR count). The fourth-order valence-electron chi connectivity index (χ4n) is 3.03. The minimum Gasteiger partial charge on any atom is -0.478 e. The molecule has 0 heterocycles. The average Bonchev–Trinajstić information content (AvgIpc) is 2.76. The number of rotatable bonds is 10. The number of carboxylic acid groups (broad SMARTS) is 2. The van der Waals surface area contributed by atoms with Crippen molar-refractivity contribution >= 4 is 11.9 Å². The number of aliphatic carboxylic acids is 2. The zero-order valence-corrected chi connectivity index (χ0v) is 17.5. The summed E-state index contributed by atoms with van der Waals surface area (Å²) in [5, 5.41) is 30.6. The van der Waals surface area contributed by atoms with Crippen LogP contribution in [0.25, 0.3) is 0 Å². The summed E-state index contributed by atoms with van der Waals surface area (Å²) in [5.41, 5.74) is 0.929. The van der Waals surface area contributed by atoms with Gasteiger partial charge in [-0.15, -0.1) is 0 Å². The quantitative estimate of drug-likeness (QED) is 0.350. The summed E-state index contributed by atoms with van der Waals surface area (Å²) in [7, 11) is 0. The van der Waals surface area contributed by atoms with Crippen LogP contribution >= 0.6 is 0 Å². The highest BCUT2D eigenvalue weighted by molar-refractivity contribution is 5.89. The Morgan fingerprint density at radius 1 is 0.933 bits per heavy atom. The summed E-state index contributed by atoms with van der Waals surface area (Å²) < 4.78 is 0. The minimum absolute atomic E-state index is 0.0779. The Labute approximate surface area is 177 Å². The van der Waals surface area contributed by atoms with E-state index < -0.39 is 17.5 Å². The van der Waals surface area contributed by atoms with Gasteiger partial charge in [0, 0.05) is 24.6 Å². The van der Waals surface area contributed by atoms with Crippen molar-refractivity contribution in [3.63, 3.8) is 0 Å². The van der Waals surface area contributed by atoms with Gasteiger partial charge in [-0.1, -0.05) is 80.9 Å². The van der Waals surface area contributed by atoms with Crippen LogP contribution in [0.4, 0.5) is 0 Å². The third-order valence-corrected chi connectivity index (χ3v) is 4.67. The summed E-state index contributed by atoms with van der Waals surface area (Å²) in [6, 6.07) is 20.0. The Bertz CT molecular complexity index is 734. The zero-order valence-electron chi connectivity index (χ0n) is 17.5. The Kier molecular flexibility index (Phi) is 11.1. The molecule has 6 heteroatoms. The normalized spacial score (nSPS) is 12.1. The SMILES string of the molecule is CCCCNCC(C)C(O)(c1ccccc1)c1ccccc1.O=C(O)/C=C\C(=O)O. The topological polar surface area (TPSA) is 107 Å². The molecule has 0 aliphatic rings. The van der Waals surface area contributed by atoms with E-state index in [1.54, 1.807) is 0 Å². The molecule has 0 aliphatic carbocycles. The van der Waals surface area contributed by atoms with Crippen molar-refractivity contribution in [3.05, 3.63) is 83.9 Å². The standard InChI is InChI=1S/C20H27NO.C4H4O4/c1-3-4-15-21-16-17(2)20(22,18-11-7-5-8-12-18)19-13-9-6-10-14-19;5-3(6)1-2-4(7)8/h5-14,17,21-22H,3-4,15-16H2,1-2H3;1-2H,(H,5,6)(H,7,8)/b;2-1-. The highest BCUT2D eigenvalue weighted by atomic mass is 16.4. The smallest absolute Gasteiger partial charge is 0.328 e. The van der Waals surface area contributed by atoms with E-state index in [-0.39, 0.29) is 5.92 Å². The largest absolute Gasteiger partial charge is 0.478 e. The van der Waals surface area contributed by atoms with Gasteiger partial charge in [0.05, 0.1) is 0 Å². The Morgan fingerprint density at radius 3 is 1.73 bits per heavy atom. The molecule has 0 saturated carbocycles. The van der Waals surface area contributed by atoms with E-state index in [0.29, 0.717) is 12.2 Å². The van der Waals surface area contributed by atoms with Crippen LogP contribution in [-0.2, 0) is 15.2 Å². The molecule has 0 radical (unpaired) electrons. The van der Waals surface area contributed by atoms with E-state index in [0.717, 1.165) is 24.2 Å². The first-order chi connectivity index (χ1) is 14.3. The van der Waals surface area contributed by atoms with Gasteiger partial charge in [-0.2, -0.15) is 0 Å². The number of aliphatic hydroxyl groups is 1. The lowest BCUT2D eigenvalue weighted by atomic mass is 9.77. The third kappa shape index (κ3) is 8.19. The van der Waals surface area contributed by atoms with E-state index in [2.05, 4.69) is 19.2 Å². The summed E-state index contributed by atoms with van der Waals surface area (Å²) in [6.45, 7) is 6.09. The monoisotopic (exact) mass is 413 g/mol. The molecule has 4 N–H and O–H groups in total. The molecule has 1 unspecified atom stereocenters. The van der Waals surface area contributed by atoms with Gasteiger partial charge in [-0.05, 0) is 24.1 Å². The fraction of sp³-hybridized carbons (Fsp3) is 0.333. The molecular formula is C24H31NO5. The molecule has 2 aromatic rings. The second-order valence-corrected chi connectivity index (χ2v) is 6.97. The molecule has 30 heavy (non-hydrogen) atoms. The summed E-state index contributed by atoms with van der Waals surface area (Å²) in [5.74, 6) is -2.44. The first-order valence-corrected chi connectivity index (χ1v) is 10.00. The number of benzene rings is 2. The van der Waals surface area contributed by atoms with Gasteiger partial charge in [0.2, 0.25) is 0 Å². The van der Waals surface area contributed by atoms with Gasteiger partial charge in [0.15, 0.2) is 0 Å². The number of nitrogens with one attached hydrogen (secondary N) is 1. The fourth-order valence-corrected chi connectivity index (χ4v) is 3.03. The number of carbonyl (C=O) groups is 2. The molecule has 0 aliphatic heterocycles. The van der Waals surface area contributed by atoms with Gasteiger partial charge in [0.25, 0.3) is 0 Å². The highest BCUT2D eigenvalue weighted by Gasteiger charge is 2.37. The van der Waals surface area contributed by atoms with Crippen LogP contribution in [0.15, 0.2) is 72.8 Å². The van der Waals surface area contributed by atoms with Crippen molar-refractivity contribution in [1.82, 2.24) is 5.32 Å². The number of unbranched alkanes of at least 4 members (excludes halogenated alkanes) is 1. The summed E-state index contributed by atoms with van der Waals surface area (Å²) in [4.78, 5) is 19.1. The molecule has 1 atom stereocenters. The minimum atomic E-state index is -1.26. The van der Waals surface area contributed by atoms with Crippen LogP contribution < -0.4 is 5.32 Å². The first-order valence-electron chi connectivity index (χ1n) is 10.00. The molecule has 0 aromatic heterocycles. The predicted octanol–water partition coefficient (Wildman–Crippen LogP) is 3.66. The van der Waals surface area contributed by atoms with Crippen molar-refractivity contribution in [2.75, 3.05) is 13.1 Å². The molecule has 0 amide bonds. The summed E-state index contributed by atoms with van der Waals surface area (Å²) in [6.07, 6.45) is 3.47. The lowest BCUT2D eigenvalue weighted by Gasteiger charge is -2.35. The van der Waals surface area contributed by atoms with Gasteiger partial charge >= 0.3 is 11.9 Å². The van der Waals surface area contributed by atoms with Gasteiger partial charge in [-0.25, -0.2) is 9.59 Å². The Morgan fingerprint density at radius 2 is 1.37 bits per heavy atom. The van der Waals surface area contributed by atoms with E-state index in [4.69, 9.17) is 10.2 Å². The van der Waals surface area contributed by atoms with Crippen molar-refractivity contribution in [2.45, 2.75) is 32.3 Å². The highest BCUT2D eigenvalue weighted by Crippen LogP contribution is 2.36. The number of hydrogen-bond acceptors (Lipinski definition) is 4.